The first-order valence-corrected chi connectivity index (χ1v) is 9.09. The van der Waals surface area contributed by atoms with Gasteiger partial charge in [0.2, 0.25) is 0 Å². The van der Waals surface area contributed by atoms with Crippen LogP contribution in [0.15, 0.2) is 9.59 Å². The number of H-pyrrole nitrogens is 2. The molecular weight excluding hydrogens is 278 g/mol. The average molecular weight is 311 g/mol. The number of nitrogens with one attached hydrogen (secondary N) is 2. The molecule has 22 heavy (non-hydrogen) atoms. The van der Waals surface area contributed by atoms with Crippen LogP contribution < -0.4 is 11.4 Å². The molecule has 0 aliphatic carbocycles. The van der Waals surface area contributed by atoms with Crippen molar-refractivity contribution in [1.82, 2.24) is 14.8 Å². The molecule has 2 N–H and O–H groups in total. The molecule has 1 rings (SSSR count). The molecule has 0 bridgehead atoms. The summed E-state index contributed by atoms with van der Waals surface area (Å²) >= 11 is 0. The minimum absolute atomic E-state index is 0.0468. The van der Waals surface area contributed by atoms with Gasteiger partial charge in [0.05, 0.1) is 0 Å². The molecule has 1 unspecified atom stereocenters. The topological polar surface area (TPSA) is 70.7 Å². The van der Waals surface area contributed by atoms with Gasteiger partial charge in [-0.2, -0.15) is 0 Å². The second kappa shape index (κ2) is 11.3. The Bertz CT molecular complexity index is 459. The van der Waals surface area contributed by atoms with Gasteiger partial charge in [0.1, 0.15) is 0 Å². The standard InChI is InChI=1S/C17H33N3O2/c1-3-5-7-9-10-12-14-15(13-11-8-6-4-2)20-16(21)18-19-17(20)22/h15H,3-14H2,1-2H3,(H,18,21)(H,19,22). The van der Waals surface area contributed by atoms with E-state index in [1.165, 1.54) is 55.9 Å². The van der Waals surface area contributed by atoms with Crippen molar-refractivity contribution in [3.63, 3.8) is 0 Å². The molecule has 5 heteroatoms. The predicted octanol–water partition coefficient (Wildman–Crippen LogP) is 4.13. The van der Waals surface area contributed by atoms with Gasteiger partial charge in [-0.1, -0.05) is 78.1 Å². The molecule has 0 amide bonds. The first-order chi connectivity index (χ1) is 10.7. The van der Waals surface area contributed by atoms with Crippen LogP contribution in [0.1, 0.15) is 96.9 Å². The van der Waals surface area contributed by atoms with Gasteiger partial charge in [0.15, 0.2) is 0 Å². The molecule has 1 aromatic rings. The number of rotatable bonds is 13. The third-order valence-corrected chi connectivity index (χ3v) is 4.36. The summed E-state index contributed by atoms with van der Waals surface area (Å²) < 4.78 is 1.39. The van der Waals surface area contributed by atoms with Gasteiger partial charge in [-0.15, -0.1) is 0 Å². The van der Waals surface area contributed by atoms with Crippen molar-refractivity contribution in [2.75, 3.05) is 0 Å². The lowest BCUT2D eigenvalue weighted by Gasteiger charge is -2.16. The quantitative estimate of drug-likeness (QED) is 0.538. The Hall–Kier alpha value is -1.26. The smallest absolute Gasteiger partial charge is 0.247 e. The normalized spacial score (nSPS) is 12.6. The summed E-state index contributed by atoms with van der Waals surface area (Å²) in [6.45, 7) is 4.41. The molecule has 0 saturated heterocycles. The maximum Gasteiger partial charge on any atom is 0.344 e. The van der Waals surface area contributed by atoms with Crippen molar-refractivity contribution in [3.8, 4) is 0 Å². The summed E-state index contributed by atoms with van der Waals surface area (Å²) in [6, 6.07) is 0.0468. The van der Waals surface area contributed by atoms with Crippen LogP contribution >= 0.6 is 0 Å². The lowest BCUT2D eigenvalue weighted by atomic mass is 10.0. The summed E-state index contributed by atoms with van der Waals surface area (Å²) in [6.07, 6.45) is 14.0. The van der Waals surface area contributed by atoms with Crippen LogP contribution in [0.5, 0.6) is 0 Å². The third-order valence-electron chi connectivity index (χ3n) is 4.36. The van der Waals surface area contributed by atoms with Gasteiger partial charge < -0.3 is 0 Å². The van der Waals surface area contributed by atoms with E-state index in [1.807, 2.05) is 0 Å². The molecule has 0 fully saturated rings. The Morgan fingerprint density at radius 1 is 0.727 bits per heavy atom. The SMILES string of the molecule is CCCCCCCCC(CCCCCC)n1c(=O)[nH][nH]c1=O. The second-order valence-electron chi connectivity index (χ2n) is 6.29. The van der Waals surface area contributed by atoms with Crippen LogP contribution in [0.25, 0.3) is 0 Å². The molecule has 0 spiro atoms. The Morgan fingerprint density at radius 3 is 1.64 bits per heavy atom. The molecule has 1 aromatic heterocycles. The zero-order valence-electron chi connectivity index (χ0n) is 14.3. The molecule has 0 radical (unpaired) electrons. The van der Waals surface area contributed by atoms with Crippen LogP contribution in [0.4, 0.5) is 0 Å². The minimum atomic E-state index is -0.295. The number of aromatic nitrogens is 3. The summed E-state index contributed by atoms with van der Waals surface area (Å²) in [4.78, 5) is 23.6. The van der Waals surface area contributed by atoms with Crippen LogP contribution in [-0.2, 0) is 0 Å². The first kappa shape index (κ1) is 18.8. The van der Waals surface area contributed by atoms with E-state index in [0.29, 0.717) is 0 Å². The molecule has 0 aromatic carbocycles. The summed E-state index contributed by atoms with van der Waals surface area (Å²) in [5, 5.41) is 4.81. The minimum Gasteiger partial charge on any atom is -0.247 e. The molecule has 0 saturated carbocycles. The van der Waals surface area contributed by atoms with Gasteiger partial charge >= 0.3 is 11.4 Å². The highest BCUT2D eigenvalue weighted by molar-refractivity contribution is 4.75. The lowest BCUT2D eigenvalue weighted by molar-refractivity contribution is 0.380. The van der Waals surface area contributed by atoms with Gasteiger partial charge in [-0.05, 0) is 12.8 Å². The van der Waals surface area contributed by atoms with Crippen LogP contribution in [0.3, 0.4) is 0 Å². The fraction of sp³-hybridized carbons (Fsp3) is 0.882. The van der Waals surface area contributed by atoms with E-state index in [2.05, 4.69) is 24.0 Å². The number of hydrogen-bond acceptors (Lipinski definition) is 2. The Balaban J connectivity index is 2.48. The molecule has 128 valence electrons. The third kappa shape index (κ3) is 6.67. The summed E-state index contributed by atoms with van der Waals surface area (Å²) in [5.41, 5.74) is -0.590. The molecule has 5 nitrogen and oxygen atoms in total. The maximum absolute atomic E-state index is 11.8. The van der Waals surface area contributed by atoms with Gasteiger partial charge in [0.25, 0.3) is 0 Å². The summed E-state index contributed by atoms with van der Waals surface area (Å²) in [5.74, 6) is 0. The molecule has 0 aliphatic heterocycles. The van der Waals surface area contributed by atoms with Gasteiger partial charge in [-0.25, -0.2) is 24.4 Å². The fourth-order valence-corrected chi connectivity index (χ4v) is 3.02. The monoisotopic (exact) mass is 311 g/mol. The fourth-order valence-electron chi connectivity index (χ4n) is 3.02. The van der Waals surface area contributed by atoms with Gasteiger partial charge in [-0.3, -0.25) is 0 Å². The van der Waals surface area contributed by atoms with Crippen LogP contribution in [-0.4, -0.2) is 14.8 Å². The largest absolute Gasteiger partial charge is 0.344 e. The number of hydrogen-bond donors (Lipinski definition) is 2. The van der Waals surface area contributed by atoms with E-state index in [1.54, 1.807) is 0 Å². The van der Waals surface area contributed by atoms with Crippen molar-refractivity contribution in [2.45, 2.75) is 96.9 Å². The molecule has 0 aliphatic rings. The van der Waals surface area contributed by atoms with Crippen molar-refractivity contribution in [1.29, 1.82) is 0 Å². The van der Waals surface area contributed by atoms with Crippen molar-refractivity contribution < 1.29 is 0 Å². The van der Waals surface area contributed by atoms with E-state index in [4.69, 9.17) is 0 Å². The van der Waals surface area contributed by atoms with Crippen molar-refractivity contribution in [3.05, 3.63) is 21.0 Å². The first-order valence-electron chi connectivity index (χ1n) is 9.09. The molecule has 1 heterocycles. The van der Waals surface area contributed by atoms with E-state index in [9.17, 15) is 9.59 Å². The predicted molar refractivity (Wildman–Crippen MR) is 91.5 cm³/mol. The van der Waals surface area contributed by atoms with Crippen molar-refractivity contribution in [2.24, 2.45) is 0 Å². The van der Waals surface area contributed by atoms with E-state index in [0.717, 1.165) is 25.7 Å². The lowest BCUT2D eigenvalue weighted by Crippen LogP contribution is -2.31. The number of aromatic amines is 2. The highest BCUT2D eigenvalue weighted by atomic mass is 16.2. The highest BCUT2D eigenvalue weighted by Crippen LogP contribution is 2.21. The van der Waals surface area contributed by atoms with E-state index >= 15 is 0 Å². The Morgan fingerprint density at radius 2 is 1.14 bits per heavy atom. The second-order valence-corrected chi connectivity index (χ2v) is 6.29. The van der Waals surface area contributed by atoms with E-state index in [-0.39, 0.29) is 17.4 Å². The van der Waals surface area contributed by atoms with Gasteiger partial charge in [0, 0.05) is 6.04 Å². The molecular formula is C17H33N3O2. The van der Waals surface area contributed by atoms with Crippen molar-refractivity contribution >= 4 is 0 Å². The highest BCUT2D eigenvalue weighted by Gasteiger charge is 2.16. The number of nitrogens with zero attached hydrogens (tertiary/aromatic N) is 1. The zero-order valence-corrected chi connectivity index (χ0v) is 14.3. The van der Waals surface area contributed by atoms with E-state index < -0.39 is 0 Å². The maximum atomic E-state index is 11.8. The Kier molecular flexibility index (Phi) is 9.67. The molecule has 1 atom stereocenters. The average Bonchev–Trinajstić information content (AvgIpc) is 2.84. The van der Waals surface area contributed by atoms with Crippen LogP contribution in [0, 0.1) is 0 Å². The summed E-state index contributed by atoms with van der Waals surface area (Å²) in [7, 11) is 0. The Labute approximate surface area is 133 Å². The zero-order chi connectivity index (χ0) is 16.2. The van der Waals surface area contributed by atoms with Crippen LogP contribution in [0.2, 0.25) is 0 Å². The number of unbranched alkanes of at least 4 members (excludes halogenated alkanes) is 8.